The van der Waals surface area contributed by atoms with Gasteiger partial charge in [-0.2, -0.15) is 0 Å². The average Bonchev–Trinajstić information content (AvgIpc) is 3.49. The lowest BCUT2D eigenvalue weighted by Gasteiger charge is -2.62. The Morgan fingerprint density at radius 1 is 0.661 bits per heavy atom. The molecule has 334 valence electrons. The number of carboxylic acid groups (broad SMARTS) is 6. The third kappa shape index (κ3) is 12.1. The van der Waals surface area contributed by atoms with Crippen molar-refractivity contribution in [1.29, 1.82) is 0 Å². The fourth-order valence-corrected chi connectivity index (χ4v) is 12.1. The SMILES string of the molecule is CC(CCC(=O)O)[C@H]1CCC2C3CCC4CC(NC(=O)CCC(C(=O)O)N(CCN(CC(=O)O)CC(=O)O)CCN(CC(=O)O)CC(=O)O)CC[C@]4(C)C3C[C@H](O)[C@@]21C. The van der Waals surface area contributed by atoms with Crippen molar-refractivity contribution in [2.75, 3.05) is 52.4 Å². The van der Waals surface area contributed by atoms with Crippen LogP contribution >= 0.6 is 0 Å². The highest BCUT2D eigenvalue weighted by atomic mass is 16.4. The lowest BCUT2D eigenvalue weighted by Crippen LogP contribution is -2.59. The van der Waals surface area contributed by atoms with Gasteiger partial charge < -0.3 is 41.1 Å². The highest BCUT2D eigenvalue weighted by molar-refractivity contribution is 5.79. The number of carbonyl (C=O) groups excluding carboxylic acids is 1. The zero-order chi connectivity index (χ0) is 43.8. The van der Waals surface area contributed by atoms with Gasteiger partial charge in [-0.05, 0) is 111 Å². The number of aliphatic hydroxyl groups excluding tert-OH is 1. The molecule has 0 heterocycles. The summed E-state index contributed by atoms with van der Waals surface area (Å²) >= 11 is 0. The minimum Gasteiger partial charge on any atom is -0.481 e. The first kappa shape index (κ1) is 47.8. The van der Waals surface area contributed by atoms with Crippen LogP contribution in [0.25, 0.3) is 0 Å². The van der Waals surface area contributed by atoms with Crippen LogP contribution in [0.15, 0.2) is 0 Å². The zero-order valence-corrected chi connectivity index (χ0v) is 34.7. The van der Waals surface area contributed by atoms with Crippen LogP contribution in [0.4, 0.5) is 0 Å². The Bertz CT molecular complexity index is 1470. The Hall–Kier alpha value is -3.87. The molecular formula is C41H66N4O14. The molecule has 8 N–H and O–H groups in total. The summed E-state index contributed by atoms with van der Waals surface area (Å²) in [5.41, 5.74) is -0.262. The second-order valence-electron chi connectivity index (χ2n) is 18.3. The summed E-state index contributed by atoms with van der Waals surface area (Å²) in [6, 6.07) is -1.43. The smallest absolute Gasteiger partial charge is 0.320 e. The van der Waals surface area contributed by atoms with Crippen LogP contribution < -0.4 is 5.32 Å². The van der Waals surface area contributed by atoms with Crippen LogP contribution in [-0.4, -0.2) is 163 Å². The maximum atomic E-state index is 13.5. The zero-order valence-electron chi connectivity index (χ0n) is 34.7. The summed E-state index contributed by atoms with van der Waals surface area (Å²) in [5.74, 6) is -5.61. The lowest BCUT2D eigenvalue weighted by molar-refractivity contribution is -0.170. The molecule has 0 aromatic carbocycles. The van der Waals surface area contributed by atoms with Gasteiger partial charge in [-0.3, -0.25) is 48.3 Å². The Labute approximate surface area is 345 Å². The molecular weight excluding hydrogens is 772 g/mol. The summed E-state index contributed by atoms with van der Waals surface area (Å²) in [6.07, 6.45) is 7.09. The number of hydrogen-bond acceptors (Lipinski definition) is 11. The van der Waals surface area contributed by atoms with E-state index in [4.69, 9.17) is 0 Å². The number of amides is 1. The lowest BCUT2D eigenvalue weighted by atomic mass is 9.43. The van der Waals surface area contributed by atoms with Crippen molar-refractivity contribution >= 4 is 41.7 Å². The predicted molar refractivity (Wildman–Crippen MR) is 210 cm³/mol. The van der Waals surface area contributed by atoms with Gasteiger partial charge in [-0.15, -0.1) is 0 Å². The largest absolute Gasteiger partial charge is 0.481 e. The van der Waals surface area contributed by atoms with Gasteiger partial charge >= 0.3 is 35.8 Å². The molecule has 59 heavy (non-hydrogen) atoms. The highest BCUT2D eigenvalue weighted by Crippen LogP contribution is 2.68. The van der Waals surface area contributed by atoms with Crippen molar-refractivity contribution in [3.63, 3.8) is 0 Å². The van der Waals surface area contributed by atoms with Crippen molar-refractivity contribution in [2.45, 2.75) is 116 Å². The third-order valence-electron chi connectivity index (χ3n) is 14.9. The number of rotatable bonds is 24. The summed E-state index contributed by atoms with van der Waals surface area (Å²) in [5, 5.41) is 71.8. The van der Waals surface area contributed by atoms with E-state index in [1.807, 2.05) is 0 Å². The fraction of sp³-hybridized carbons (Fsp3) is 0.829. The van der Waals surface area contributed by atoms with E-state index in [9.17, 15) is 69.3 Å². The Balaban J connectivity index is 1.39. The highest BCUT2D eigenvalue weighted by Gasteiger charge is 2.63. The normalized spacial score (nSPS) is 31.1. The molecule has 18 heteroatoms. The number of aliphatic hydroxyl groups is 1. The minimum absolute atomic E-state index is 0.0152. The van der Waals surface area contributed by atoms with Crippen molar-refractivity contribution < 1.29 is 69.3 Å². The summed E-state index contributed by atoms with van der Waals surface area (Å²) in [4.78, 5) is 86.6. The van der Waals surface area contributed by atoms with Gasteiger partial charge in [0.25, 0.3) is 0 Å². The number of fused-ring (bicyclic) bond motifs is 5. The topological polar surface area (TPSA) is 283 Å². The Morgan fingerprint density at radius 3 is 1.73 bits per heavy atom. The molecule has 18 nitrogen and oxygen atoms in total. The Kier molecular flexibility index (Phi) is 16.7. The number of aliphatic carboxylic acids is 6. The van der Waals surface area contributed by atoms with Gasteiger partial charge in [-0.25, -0.2) is 0 Å². The van der Waals surface area contributed by atoms with Crippen LogP contribution in [0.5, 0.6) is 0 Å². The van der Waals surface area contributed by atoms with Crippen molar-refractivity contribution in [2.24, 2.45) is 46.3 Å². The van der Waals surface area contributed by atoms with E-state index in [1.165, 1.54) is 4.90 Å². The summed E-state index contributed by atoms with van der Waals surface area (Å²) in [6.45, 7) is 3.51. The third-order valence-corrected chi connectivity index (χ3v) is 14.9. The second kappa shape index (κ2) is 20.6. The molecule has 4 rings (SSSR count). The maximum absolute atomic E-state index is 13.5. The number of nitrogens with zero attached hydrogens (tertiary/aromatic N) is 3. The van der Waals surface area contributed by atoms with Crippen molar-refractivity contribution in [3.8, 4) is 0 Å². The minimum atomic E-state index is -1.31. The summed E-state index contributed by atoms with van der Waals surface area (Å²) < 4.78 is 0. The van der Waals surface area contributed by atoms with Crippen LogP contribution in [0.3, 0.4) is 0 Å². The molecule has 0 aromatic heterocycles. The molecule has 4 aliphatic carbocycles. The second-order valence-corrected chi connectivity index (χ2v) is 18.3. The number of nitrogens with one attached hydrogen (secondary N) is 1. The number of carbonyl (C=O) groups is 7. The first-order valence-electron chi connectivity index (χ1n) is 21.1. The molecule has 4 aliphatic rings. The van der Waals surface area contributed by atoms with E-state index < -0.39 is 74.1 Å². The molecule has 4 saturated carbocycles. The number of carboxylic acids is 6. The standard InChI is InChI=1S/C41H66N4O14/c1-24(4-11-34(48)49)28-7-8-29-27-6-5-25-18-26(12-13-40(25,2)30(27)19-32(46)41(28,29)3)42-33(47)10-9-31(39(58)59)45(16-14-43(20-35(50)51)21-36(52)53)17-15-44(22-37(54)55)23-38(56)57/h24-32,46H,4-23H2,1-3H3,(H,42,47)(H,48,49)(H,50,51)(H,52,53)(H,54,55)(H,56,57)(H,58,59)/t24?,25?,26?,27?,28-,29?,30?,31?,32+,40+,41-/m1/s1. The monoisotopic (exact) mass is 838 g/mol. The van der Waals surface area contributed by atoms with E-state index in [-0.39, 0.29) is 80.1 Å². The van der Waals surface area contributed by atoms with E-state index >= 15 is 0 Å². The number of hydrogen-bond donors (Lipinski definition) is 8. The average molecular weight is 839 g/mol. The van der Waals surface area contributed by atoms with E-state index in [0.29, 0.717) is 36.5 Å². The fourth-order valence-electron chi connectivity index (χ4n) is 12.1. The van der Waals surface area contributed by atoms with Crippen molar-refractivity contribution in [3.05, 3.63) is 0 Å². The molecule has 0 aliphatic heterocycles. The molecule has 0 bridgehead atoms. The van der Waals surface area contributed by atoms with Crippen LogP contribution in [0, 0.1) is 46.3 Å². The molecule has 4 fully saturated rings. The molecule has 7 unspecified atom stereocenters. The van der Waals surface area contributed by atoms with Crippen LogP contribution in [0.1, 0.15) is 97.8 Å². The van der Waals surface area contributed by atoms with Gasteiger partial charge in [0.2, 0.25) is 5.91 Å². The van der Waals surface area contributed by atoms with E-state index in [0.717, 1.165) is 54.7 Å². The van der Waals surface area contributed by atoms with Gasteiger partial charge in [0, 0.05) is 45.1 Å². The first-order valence-corrected chi connectivity index (χ1v) is 21.1. The molecule has 1 amide bonds. The quantitative estimate of drug-likeness (QED) is 0.0691. The Morgan fingerprint density at radius 2 is 1.22 bits per heavy atom. The molecule has 0 aromatic rings. The summed E-state index contributed by atoms with van der Waals surface area (Å²) in [7, 11) is 0. The van der Waals surface area contributed by atoms with Gasteiger partial charge in [-0.1, -0.05) is 20.8 Å². The molecule has 0 radical (unpaired) electrons. The first-order chi connectivity index (χ1) is 27.6. The van der Waals surface area contributed by atoms with Gasteiger partial charge in [0.1, 0.15) is 6.04 Å². The maximum Gasteiger partial charge on any atom is 0.320 e. The van der Waals surface area contributed by atoms with Crippen LogP contribution in [0.2, 0.25) is 0 Å². The molecule has 0 saturated heterocycles. The van der Waals surface area contributed by atoms with Crippen LogP contribution in [-0.2, 0) is 33.6 Å². The van der Waals surface area contributed by atoms with Gasteiger partial charge in [0.05, 0.1) is 32.3 Å². The van der Waals surface area contributed by atoms with Crippen molar-refractivity contribution in [1.82, 2.24) is 20.0 Å². The van der Waals surface area contributed by atoms with E-state index in [1.54, 1.807) is 0 Å². The molecule has 11 atom stereocenters. The van der Waals surface area contributed by atoms with E-state index in [2.05, 4.69) is 26.1 Å². The predicted octanol–water partition coefficient (Wildman–Crippen LogP) is 2.08. The molecule has 0 spiro atoms. The van der Waals surface area contributed by atoms with Gasteiger partial charge in [0.15, 0.2) is 0 Å².